The number of unbranched alkanes of at least 4 members (excludes halogenated alkanes) is 3. The van der Waals surface area contributed by atoms with E-state index >= 15 is 0 Å². The van der Waals surface area contributed by atoms with Gasteiger partial charge in [-0.05, 0) is 57.9 Å². The largest absolute Gasteiger partial charge is 0.494 e. The zero-order valence-corrected chi connectivity index (χ0v) is 15.9. The van der Waals surface area contributed by atoms with Crippen LogP contribution in [0.3, 0.4) is 0 Å². The SMILES string of the molecule is CC(C)(C)N(CCCCCCOc1ccc(S(N)(=O)=O)cc1)C(=O)O. The number of carbonyl (C=O) groups is 1. The number of carboxylic acid groups (broad SMARTS) is 1. The van der Waals surface area contributed by atoms with E-state index in [1.54, 1.807) is 12.1 Å². The van der Waals surface area contributed by atoms with Crippen molar-refractivity contribution in [2.45, 2.75) is 56.9 Å². The third-order valence-electron chi connectivity index (χ3n) is 3.74. The first-order valence-electron chi connectivity index (χ1n) is 8.28. The van der Waals surface area contributed by atoms with Gasteiger partial charge in [-0.1, -0.05) is 12.8 Å². The molecule has 0 unspecified atom stereocenters. The third-order valence-corrected chi connectivity index (χ3v) is 4.67. The van der Waals surface area contributed by atoms with Crippen LogP contribution >= 0.6 is 0 Å². The summed E-state index contributed by atoms with van der Waals surface area (Å²) in [7, 11) is -3.68. The number of rotatable bonds is 9. The number of ether oxygens (including phenoxy) is 1. The standard InChI is InChI=1S/C17H28N2O5S/c1-17(2,3)19(16(20)21)12-6-4-5-7-13-24-14-8-10-15(11-9-14)25(18,22)23/h8-11H,4-7,12-13H2,1-3H3,(H,20,21)(H2,18,22,23). The first-order valence-corrected chi connectivity index (χ1v) is 9.82. The number of amides is 1. The van der Waals surface area contributed by atoms with Crippen molar-refractivity contribution in [3.05, 3.63) is 24.3 Å². The van der Waals surface area contributed by atoms with Gasteiger partial charge in [0.25, 0.3) is 0 Å². The van der Waals surface area contributed by atoms with E-state index in [1.165, 1.54) is 17.0 Å². The van der Waals surface area contributed by atoms with E-state index in [4.69, 9.17) is 9.88 Å². The maximum Gasteiger partial charge on any atom is 0.407 e. The maximum absolute atomic E-state index is 11.2. The Kier molecular flexibility index (Phi) is 7.69. The molecular weight excluding hydrogens is 344 g/mol. The summed E-state index contributed by atoms with van der Waals surface area (Å²) in [5.74, 6) is 0.595. The van der Waals surface area contributed by atoms with Crippen molar-refractivity contribution in [2.24, 2.45) is 5.14 Å². The van der Waals surface area contributed by atoms with Gasteiger partial charge in [0.15, 0.2) is 0 Å². The number of benzene rings is 1. The molecule has 1 rings (SSSR count). The summed E-state index contributed by atoms with van der Waals surface area (Å²) in [6, 6.07) is 5.98. The van der Waals surface area contributed by atoms with Gasteiger partial charge in [0.05, 0.1) is 11.5 Å². The topological polar surface area (TPSA) is 110 Å². The Morgan fingerprint density at radius 3 is 2.16 bits per heavy atom. The maximum atomic E-state index is 11.2. The molecule has 0 aromatic heterocycles. The molecule has 0 aliphatic carbocycles. The van der Waals surface area contributed by atoms with Crippen LogP contribution in [-0.2, 0) is 10.0 Å². The predicted molar refractivity (Wildman–Crippen MR) is 96.3 cm³/mol. The fraction of sp³-hybridized carbons (Fsp3) is 0.588. The molecule has 25 heavy (non-hydrogen) atoms. The molecular formula is C17H28N2O5S. The van der Waals surface area contributed by atoms with Crippen molar-refractivity contribution in [1.82, 2.24) is 4.90 Å². The van der Waals surface area contributed by atoms with Crippen LogP contribution in [-0.4, -0.2) is 43.2 Å². The molecule has 0 aliphatic rings. The van der Waals surface area contributed by atoms with Gasteiger partial charge >= 0.3 is 6.09 Å². The summed E-state index contributed by atoms with van der Waals surface area (Å²) in [5, 5.41) is 14.2. The summed E-state index contributed by atoms with van der Waals surface area (Å²) in [6.45, 7) is 6.70. The van der Waals surface area contributed by atoms with Gasteiger partial charge in [-0.25, -0.2) is 18.4 Å². The molecule has 0 aliphatic heterocycles. The average Bonchev–Trinajstić information content (AvgIpc) is 2.47. The van der Waals surface area contributed by atoms with Crippen LogP contribution in [0.5, 0.6) is 5.75 Å². The van der Waals surface area contributed by atoms with Gasteiger partial charge < -0.3 is 14.7 Å². The van der Waals surface area contributed by atoms with Crippen LogP contribution in [0.25, 0.3) is 0 Å². The van der Waals surface area contributed by atoms with Crippen molar-refractivity contribution < 1.29 is 23.1 Å². The van der Waals surface area contributed by atoms with E-state index in [1.807, 2.05) is 20.8 Å². The lowest BCUT2D eigenvalue weighted by Gasteiger charge is -2.33. The molecule has 1 aromatic carbocycles. The molecule has 1 aromatic rings. The minimum absolute atomic E-state index is 0.0571. The van der Waals surface area contributed by atoms with Gasteiger partial charge in [-0.2, -0.15) is 0 Å². The molecule has 0 radical (unpaired) electrons. The van der Waals surface area contributed by atoms with Gasteiger partial charge in [0, 0.05) is 12.1 Å². The summed E-state index contributed by atoms with van der Waals surface area (Å²) < 4.78 is 27.9. The number of sulfonamides is 1. The number of hydrogen-bond donors (Lipinski definition) is 2. The zero-order chi connectivity index (χ0) is 19.1. The Morgan fingerprint density at radius 2 is 1.68 bits per heavy atom. The molecule has 1 amide bonds. The monoisotopic (exact) mass is 372 g/mol. The number of hydrogen-bond acceptors (Lipinski definition) is 4. The van der Waals surface area contributed by atoms with Crippen molar-refractivity contribution >= 4 is 16.1 Å². The quantitative estimate of drug-likeness (QED) is 0.647. The minimum atomic E-state index is -3.68. The highest BCUT2D eigenvalue weighted by Crippen LogP contribution is 2.17. The second-order valence-electron chi connectivity index (χ2n) is 6.88. The van der Waals surface area contributed by atoms with Crippen molar-refractivity contribution in [1.29, 1.82) is 0 Å². The van der Waals surface area contributed by atoms with E-state index in [-0.39, 0.29) is 4.90 Å². The normalized spacial score (nSPS) is 12.0. The average molecular weight is 372 g/mol. The highest BCUT2D eigenvalue weighted by Gasteiger charge is 2.25. The summed E-state index contributed by atoms with van der Waals surface area (Å²) in [5.41, 5.74) is -0.391. The van der Waals surface area contributed by atoms with Crippen LogP contribution in [0.15, 0.2) is 29.2 Å². The second kappa shape index (κ2) is 9.05. The van der Waals surface area contributed by atoms with E-state index in [0.717, 1.165) is 25.7 Å². The van der Waals surface area contributed by atoms with Gasteiger partial charge in [0.1, 0.15) is 5.75 Å². The highest BCUT2D eigenvalue weighted by molar-refractivity contribution is 7.89. The van der Waals surface area contributed by atoms with E-state index in [2.05, 4.69) is 0 Å². The summed E-state index contributed by atoms with van der Waals surface area (Å²) in [4.78, 5) is 12.7. The predicted octanol–water partition coefficient (Wildman–Crippen LogP) is 3.05. The Hall–Kier alpha value is -1.80. The Morgan fingerprint density at radius 1 is 1.12 bits per heavy atom. The van der Waals surface area contributed by atoms with Crippen LogP contribution in [0, 0.1) is 0 Å². The van der Waals surface area contributed by atoms with Crippen LogP contribution in [0.2, 0.25) is 0 Å². The van der Waals surface area contributed by atoms with Crippen molar-refractivity contribution in [3.8, 4) is 5.75 Å². The molecule has 7 nitrogen and oxygen atoms in total. The number of nitrogens with two attached hydrogens (primary N) is 1. The minimum Gasteiger partial charge on any atom is -0.494 e. The van der Waals surface area contributed by atoms with Crippen LogP contribution in [0.1, 0.15) is 46.5 Å². The van der Waals surface area contributed by atoms with Crippen molar-refractivity contribution in [2.75, 3.05) is 13.2 Å². The molecule has 8 heteroatoms. The fourth-order valence-corrected chi connectivity index (χ4v) is 2.87. The van der Waals surface area contributed by atoms with E-state index in [9.17, 15) is 18.3 Å². The van der Waals surface area contributed by atoms with Crippen LogP contribution < -0.4 is 9.88 Å². The third kappa shape index (κ3) is 7.74. The Bertz CT molecular complexity index is 651. The lowest BCUT2D eigenvalue weighted by atomic mass is 10.1. The van der Waals surface area contributed by atoms with E-state index < -0.39 is 21.7 Å². The summed E-state index contributed by atoms with van der Waals surface area (Å²) in [6.07, 6.45) is 2.63. The van der Waals surface area contributed by atoms with Gasteiger partial charge in [-0.15, -0.1) is 0 Å². The number of primary sulfonamides is 1. The molecule has 3 N–H and O–H groups in total. The summed E-state index contributed by atoms with van der Waals surface area (Å²) >= 11 is 0. The lowest BCUT2D eigenvalue weighted by molar-refractivity contribution is 0.0989. The molecule has 0 bridgehead atoms. The first kappa shape index (κ1) is 21.2. The fourth-order valence-electron chi connectivity index (χ4n) is 2.36. The number of nitrogens with zero attached hydrogens (tertiary/aromatic N) is 1. The van der Waals surface area contributed by atoms with Gasteiger partial charge in [-0.3, -0.25) is 0 Å². The Labute approximate surface area is 149 Å². The van der Waals surface area contributed by atoms with E-state index in [0.29, 0.717) is 18.9 Å². The lowest BCUT2D eigenvalue weighted by Crippen LogP contribution is -2.45. The highest BCUT2D eigenvalue weighted by atomic mass is 32.2. The Balaban J connectivity index is 2.23. The molecule has 142 valence electrons. The smallest absolute Gasteiger partial charge is 0.407 e. The second-order valence-corrected chi connectivity index (χ2v) is 8.45. The first-order chi connectivity index (χ1) is 11.5. The molecule has 0 atom stereocenters. The van der Waals surface area contributed by atoms with Crippen LogP contribution in [0.4, 0.5) is 4.79 Å². The molecule has 0 saturated carbocycles. The molecule has 0 spiro atoms. The molecule has 0 heterocycles. The van der Waals surface area contributed by atoms with Crippen molar-refractivity contribution in [3.63, 3.8) is 0 Å². The molecule has 0 saturated heterocycles. The zero-order valence-electron chi connectivity index (χ0n) is 15.1. The molecule has 0 fully saturated rings. The van der Waals surface area contributed by atoms with Gasteiger partial charge in [0.2, 0.25) is 10.0 Å².